The predicted octanol–water partition coefficient (Wildman–Crippen LogP) is 2.74. The van der Waals surface area contributed by atoms with Crippen LogP contribution in [0.15, 0.2) is 36.7 Å². The van der Waals surface area contributed by atoms with E-state index in [0.29, 0.717) is 12.4 Å². The zero-order chi connectivity index (χ0) is 16.5. The maximum Gasteiger partial charge on any atom is 0.275 e. The van der Waals surface area contributed by atoms with Crippen molar-refractivity contribution < 1.29 is 9.53 Å². The van der Waals surface area contributed by atoms with E-state index in [1.807, 2.05) is 24.3 Å². The van der Waals surface area contributed by atoms with E-state index in [1.54, 1.807) is 13.3 Å². The largest absolute Gasteiger partial charge is 0.385 e. The van der Waals surface area contributed by atoms with Crippen molar-refractivity contribution >= 4 is 17.4 Å². The van der Waals surface area contributed by atoms with Gasteiger partial charge in [-0.05, 0) is 30.5 Å². The number of aryl methyl sites for hydroxylation is 1. The smallest absolute Gasteiger partial charge is 0.275 e. The lowest BCUT2D eigenvalue weighted by Gasteiger charge is -2.07. The molecule has 1 aromatic carbocycles. The van der Waals surface area contributed by atoms with Crippen LogP contribution < -0.4 is 10.6 Å². The molecule has 0 atom stereocenters. The van der Waals surface area contributed by atoms with Crippen molar-refractivity contribution in [2.24, 2.45) is 0 Å². The highest BCUT2D eigenvalue weighted by Gasteiger charge is 2.08. The number of hydrogen-bond donors (Lipinski definition) is 2. The molecule has 0 saturated heterocycles. The van der Waals surface area contributed by atoms with Crippen LogP contribution in [0.5, 0.6) is 0 Å². The molecule has 1 amide bonds. The minimum Gasteiger partial charge on any atom is -0.385 e. The van der Waals surface area contributed by atoms with Gasteiger partial charge in [0.15, 0.2) is 0 Å². The summed E-state index contributed by atoms with van der Waals surface area (Å²) in [6.07, 6.45) is 4.88. The molecule has 2 N–H and O–H groups in total. The average Bonchev–Trinajstić information content (AvgIpc) is 2.60. The Balaban J connectivity index is 1.88. The highest BCUT2D eigenvalue weighted by molar-refractivity contribution is 6.02. The minimum atomic E-state index is -0.271. The van der Waals surface area contributed by atoms with Crippen LogP contribution in [0.3, 0.4) is 0 Å². The fourth-order valence-corrected chi connectivity index (χ4v) is 1.99. The molecule has 2 aromatic rings. The lowest BCUT2D eigenvalue weighted by Crippen LogP contribution is -2.14. The number of rotatable bonds is 8. The van der Waals surface area contributed by atoms with Crippen LogP contribution in [0, 0.1) is 0 Å². The molecule has 0 aliphatic heterocycles. The third-order valence-electron chi connectivity index (χ3n) is 3.34. The summed E-state index contributed by atoms with van der Waals surface area (Å²) in [5.41, 5.74) is 2.26. The number of hydrogen-bond acceptors (Lipinski definition) is 5. The molecular formula is C17H22N4O2. The lowest BCUT2D eigenvalue weighted by molar-refractivity contribution is 0.102. The van der Waals surface area contributed by atoms with E-state index in [4.69, 9.17) is 4.74 Å². The van der Waals surface area contributed by atoms with Crippen molar-refractivity contribution in [3.63, 3.8) is 0 Å². The summed E-state index contributed by atoms with van der Waals surface area (Å²) in [5, 5.41) is 5.93. The van der Waals surface area contributed by atoms with Gasteiger partial charge < -0.3 is 15.4 Å². The molecule has 1 aromatic heterocycles. The number of carbonyl (C=O) groups is 1. The number of aromatic nitrogens is 2. The molecule has 23 heavy (non-hydrogen) atoms. The second-order valence-corrected chi connectivity index (χ2v) is 5.06. The van der Waals surface area contributed by atoms with Gasteiger partial charge in [-0.3, -0.25) is 4.79 Å². The molecule has 0 fully saturated rings. The maximum absolute atomic E-state index is 12.1. The summed E-state index contributed by atoms with van der Waals surface area (Å²) in [7, 11) is 1.67. The molecule has 0 saturated carbocycles. The first-order valence-corrected chi connectivity index (χ1v) is 7.68. The van der Waals surface area contributed by atoms with Gasteiger partial charge in [-0.2, -0.15) is 0 Å². The Morgan fingerprint density at radius 3 is 2.57 bits per heavy atom. The van der Waals surface area contributed by atoms with E-state index in [0.717, 1.165) is 25.1 Å². The van der Waals surface area contributed by atoms with Crippen molar-refractivity contribution in [3.8, 4) is 0 Å². The second-order valence-electron chi connectivity index (χ2n) is 5.06. The third-order valence-corrected chi connectivity index (χ3v) is 3.34. The van der Waals surface area contributed by atoms with Gasteiger partial charge in [-0.15, -0.1) is 0 Å². The first-order chi connectivity index (χ1) is 11.2. The topological polar surface area (TPSA) is 76.1 Å². The van der Waals surface area contributed by atoms with Gasteiger partial charge in [0.1, 0.15) is 11.5 Å². The SMILES string of the molecule is CCc1ccc(NC(=O)c2cnc(NCCCOC)cn2)cc1. The summed E-state index contributed by atoms with van der Waals surface area (Å²) in [6, 6.07) is 7.76. The summed E-state index contributed by atoms with van der Waals surface area (Å²) >= 11 is 0. The number of carbonyl (C=O) groups excluding carboxylic acids is 1. The summed E-state index contributed by atoms with van der Waals surface area (Å²) in [6.45, 7) is 3.53. The fraction of sp³-hybridized carbons (Fsp3) is 0.353. The van der Waals surface area contributed by atoms with Gasteiger partial charge in [-0.25, -0.2) is 9.97 Å². The van der Waals surface area contributed by atoms with Crippen LogP contribution in [-0.2, 0) is 11.2 Å². The zero-order valence-electron chi connectivity index (χ0n) is 13.5. The van der Waals surface area contributed by atoms with Crippen LogP contribution in [0.4, 0.5) is 11.5 Å². The summed E-state index contributed by atoms with van der Waals surface area (Å²) in [4.78, 5) is 20.5. The van der Waals surface area contributed by atoms with Gasteiger partial charge in [0.25, 0.3) is 5.91 Å². The second kappa shape index (κ2) is 8.85. The van der Waals surface area contributed by atoms with Crippen molar-refractivity contribution in [1.82, 2.24) is 9.97 Å². The Hall–Kier alpha value is -2.47. The molecule has 0 bridgehead atoms. The number of nitrogens with one attached hydrogen (secondary N) is 2. The number of nitrogens with zero attached hydrogens (tertiary/aromatic N) is 2. The Kier molecular flexibility index (Phi) is 6.50. The van der Waals surface area contributed by atoms with Crippen molar-refractivity contribution in [2.45, 2.75) is 19.8 Å². The molecule has 122 valence electrons. The number of anilines is 2. The molecular weight excluding hydrogens is 292 g/mol. The van der Waals surface area contributed by atoms with Crippen LogP contribution >= 0.6 is 0 Å². The summed E-state index contributed by atoms with van der Waals surface area (Å²) < 4.78 is 4.97. The summed E-state index contributed by atoms with van der Waals surface area (Å²) in [5.74, 6) is 0.373. The number of ether oxygens (including phenoxy) is 1. The Labute approximate surface area is 136 Å². The normalized spacial score (nSPS) is 10.3. The zero-order valence-corrected chi connectivity index (χ0v) is 13.5. The number of benzene rings is 1. The van der Waals surface area contributed by atoms with Crippen LogP contribution in [0.2, 0.25) is 0 Å². The van der Waals surface area contributed by atoms with E-state index in [2.05, 4.69) is 27.5 Å². The number of amides is 1. The third kappa shape index (κ3) is 5.34. The highest BCUT2D eigenvalue weighted by Crippen LogP contribution is 2.11. The van der Waals surface area contributed by atoms with Crippen molar-refractivity contribution in [2.75, 3.05) is 30.9 Å². The van der Waals surface area contributed by atoms with Crippen LogP contribution in [0.25, 0.3) is 0 Å². The number of methoxy groups -OCH3 is 1. The van der Waals surface area contributed by atoms with Crippen molar-refractivity contribution in [1.29, 1.82) is 0 Å². The Morgan fingerprint density at radius 2 is 1.96 bits per heavy atom. The van der Waals surface area contributed by atoms with Crippen LogP contribution in [-0.4, -0.2) is 36.1 Å². The first kappa shape index (κ1) is 16.9. The molecule has 6 heteroatoms. The van der Waals surface area contributed by atoms with E-state index < -0.39 is 0 Å². The van der Waals surface area contributed by atoms with Gasteiger partial charge in [-0.1, -0.05) is 19.1 Å². The Bertz CT molecular complexity index is 611. The lowest BCUT2D eigenvalue weighted by atomic mass is 10.1. The Morgan fingerprint density at radius 1 is 1.17 bits per heavy atom. The van der Waals surface area contributed by atoms with Gasteiger partial charge >= 0.3 is 0 Å². The van der Waals surface area contributed by atoms with E-state index >= 15 is 0 Å². The molecule has 6 nitrogen and oxygen atoms in total. The fourth-order valence-electron chi connectivity index (χ4n) is 1.99. The minimum absolute atomic E-state index is 0.271. The molecule has 2 rings (SSSR count). The molecule has 0 unspecified atom stereocenters. The quantitative estimate of drug-likeness (QED) is 0.733. The monoisotopic (exact) mass is 314 g/mol. The van der Waals surface area contributed by atoms with E-state index in [9.17, 15) is 4.79 Å². The maximum atomic E-state index is 12.1. The molecule has 0 aliphatic carbocycles. The van der Waals surface area contributed by atoms with E-state index in [-0.39, 0.29) is 11.6 Å². The van der Waals surface area contributed by atoms with Gasteiger partial charge in [0.2, 0.25) is 0 Å². The van der Waals surface area contributed by atoms with Crippen molar-refractivity contribution in [3.05, 3.63) is 47.9 Å². The predicted molar refractivity (Wildman–Crippen MR) is 90.8 cm³/mol. The van der Waals surface area contributed by atoms with Crippen LogP contribution in [0.1, 0.15) is 29.4 Å². The highest BCUT2D eigenvalue weighted by atomic mass is 16.5. The molecule has 1 heterocycles. The molecule has 0 spiro atoms. The van der Waals surface area contributed by atoms with Gasteiger partial charge in [0.05, 0.1) is 12.4 Å². The first-order valence-electron chi connectivity index (χ1n) is 7.68. The standard InChI is InChI=1S/C17H22N4O2/c1-3-13-5-7-14(8-6-13)21-17(22)15-11-20-16(12-19-15)18-9-4-10-23-2/h5-8,11-12H,3-4,9-10H2,1-2H3,(H,18,20)(H,21,22). The molecule has 0 aliphatic rings. The van der Waals surface area contributed by atoms with E-state index in [1.165, 1.54) is 11.8 Å². The average molecular weight is 314 g/mol. The molecule has 0 radical (unpaired) electrons. The van der Waals surface area contributed by atoms with Gasteiger partial charge in [0, 0.05) is 25.9 Å².